The first-order chi connectivity index (χ1) is 13.7. The fourth-order valence-electron chi connectivity index (χ4n) is 4.28. The number of nitrogens with zero attached hydrogens (tertiary/aromatic N) is 3. The average Bonchev–Trinajstić information content (AvgIpc) is 3.47. The van der Waals surface area contributed by atoms with Crippen molar-refractivity contribution in [3.8, 4) is 22.8 Å². The molecule has 2 saturated heterocycles. The van der Waals surface area contributed by atoms with Crippen molar-refractivity contribution in [1.29, 1.82) is 0 Å². The van der Waals surface area contributed by atoms with Crippen LogP contribution in [0.1, 0.15) is 23.3 Å². The number of carbonyl (C=O) groups is 1. The summed E-state index contributed by atoms with van der Waals surface area (Å²) < 4.78 is 11.2. The number of aliphatic hydroxyl groups is 1. The molecule has 2 aromatic rings. The van der Waals surface area contributed by atoms with Gasteiger partial charge in [0.1, 0.15) is 18.9 Å². The maximum absolute atomic E-state index is 12.9. The zero-order valence-electron chi connectivity index (χ0n) is 15.6. The summed E-state index contributed by atoms with van der Waals surface area (Å²) in [4.78, 5) is 17.1. The number of fused-ring (bicyclic) bond motifs is 1. The molecule has 1 amide bonds. The molecule has 1 aromatic carbocycles. The summed E-state index contributed by atoms with van der Waals surface area (Å²) >= 11 is 0. The highest BCUT2D eigenvalue weighted by atomic mass is 16.6. The lowest BCUT2D eigenvalue weighted by Crippen LogP contribution is -2.38. The SMILES string of the molecule is O=C(c1cc(-c2ccc3c(c2)OCCO3)n[nH]1)N1CCC(N2CCC(O)C2)C1. The Morgan fingerprint density at radius 1 is 1.11 bits per heavy atom. The van der Waals surface area contributed by atoms with E-state index in [1.54, 1.807) is 6.07 Å². The Kier molecular flexibility index (Phi) is 4.44. The third-order valence-corrected chi connectivity index (χ3v) is 5.81. The molecule has 1 aromatic heterocycles. The van der Waals surface area contributed by atoms with Crippen molar-refractivity contribution in [2.75, 3.05) is 39.4 Å². The van der Waals surface area contributed by atoms with Crippen LogP contribution in [0.4, 0.5) is 0 Å². The van der Waals surface area contributed by atoms with Gasteiger partial charge < -0.3 is 19.5 Å². The molecule has 0 saturated carbocycles. The highest BCUT2D eigenvalue weighted by molar-refractivity contribution is 5.93. The predicted octanol–water partition coefficient (Wildman–Crippen LogP) is 1.13. The van der Waals surface area contributed by atoms with Gasteiger partial charge in [-0.2, -0.15) is 5.10 Å². The smallest absolute Gasteiger partial charge is 0.271 e. The second-order valence-electron chi connectivity index (χ2n) is 7.66. The van der Waals surface area contributed by atoms with Gasteiger partial charge >= 0.3 is 0 Å². The summed E-state index contributed by atoms with van der Waals surface area (Å²) in [5.74, 6) is 1.41. The number of carbonyl (C=O) groups excluding carboxylic acids is 1. The fraction of sp³-hybridized carbons (Fsp3) is 0.500. The van der Waals surface area contributed by atoms with Gasteiger partial charge in [-0.25, -0.2) is 0 Å². The van der Waals surface area contributed by atoms with Gasteiger partial charge in [0, 0.05) is 37.8 Å². The molecule has 2 N–H and O–H groups in total. The summed E-state index contributed by atoms with van der Waals surface area (Å²) in [6.45, 7) is 4.14. The van der Waals surface area contributed by atoms with Crippen LogP contribution in [-0.4, -0.2) is 82.5 Å². The minimum atomic E-state index is -0.231. The van der Waals surface area contributed by atoms with E-state index in [2.05, 4.69) is 15.1 Å². The van der Waals surface area contributed by atoms with E-state index in [9.17, 15) is 9.90 Å². The normalized spacial score (nSPS) is 24.7. The Bertz CT molecular complexity index is 883. The van der Waals surface area contributed by atoms with Crippen LogP contribution >= 0.6 is 0 Å². The lowest BCUT2D eigenvalue weighted by molar-refractivity contribution is 0.0772. The van der Waals surface area contributed by atoms with Crippen LogP contribution in [0, 0.1) is 0 Å². The van der Waals surface area contributed by atoms with Crippen molar-refractivity contribution < 1.29 is 19.4 Å². The number of amides is 1. The molecule has 28 heavy (non-hydrogen) atoms. The number of rotatable bonds is 3. The van der Waals surface area contributed by atoms with E-state index in [1.165, 1.54) is 0 Å². The molecule has 0 aliphatic carbocycles. The van der Waals surface area contributed by atoms with Gasteiger partial charge in [0.25, 0.3) is 5.91 Å². The quantitative estimate of drug-likeness (QED) is 0.824. The number of β-amino-alcohol motifs (C(OH)–C–C–N with tert-alkyl or cyclic N) is 1. The van der Waals surface area contributed by atoms with Crippen molar-refractivity contribution in [3.63, 3.8) is 0 Å². The Morgan fingerprint density at radius 2 is 1.96 bits per heavy atom. The summed E-state index contributed by atoms with van der Waals surface area (Å²) in [5.41, 5.74) is 2.08. The molecular formula is C20H24N4O4. The molecule has 2 atom stereocenters. The third kappa shape index (κ3) is 3.22. The molecular weight excluding hydrogens is 360 g/mol. The van der Waals surface area contributed by atoms with Crippen LogP contribution in [0.15, 0.2) is 24.3 Å². The van der Waals surface area contributed by atoms with Crippen LogP contribution in [0.25, 0.3) is 11.3 Å². The molecule has 5 rings (SSSR count). The fourth-order valence-corrected chi connectivity index (χ4v) is 4.28. The van der Waals surface area contributed by atoms with E-state index in [-0.39, 0.29) is 12.0 Å². The van der Waals surface area contributed by atoms with Gasteiger partial charge in [0.15, 0.2) is 11.5 Å². The summed E-state index contributed by atoms with van der Waals surface area (Å²) in [5, 5.41) is 17.0. The van der Waals surface area contributed by atoms with Gasteiger partial charge in [-0.05, 0) is 37.1 Å². The molecule has 8 nitrogen and oxygen atoms in total. The van der Waals surface area contributed by atoms with Gasteiger partial charge in [-0.3, -0.25) is 14.8 Å². The topological polar surface area (TPSA) is 90.9 Å². The molecule has 0 radical (unpaired) electrons. The van der Waals surface area contributed by atoms with Crippen molar-refractivity contribution in [2.24, 2.45) is 0 Å². The standard InChI is InChI=1S/C20H24N4O4/c25-15-4-6-23(12-15)14-3-5-24(11-14)20(26)17-10-16(21-22-17)13-1-2-18-19(9-13)28-8-7-27-18/h1-2,9-10,14-15,25H,3-8,11-12H2,(H,21,22). The van der Waals surface area contributed by atoms with E-state index in [1.807, 2.05) is 23.1 Å². The van der Waals surface area contributed by atoms with Gasteiger partial charge in [-0.15, -0.1) is 0 Å². The Balaban J connectivity index is 1.28. The second-order valence-corrected chi connectivity index (χ2v) is 7.66. The van der Waals surface area contributed by atoms with Crippen molar-refractivity contribution in [3.05, 3.63) is 30.0 Å². The van der Waals surface area contributed by atoms with E-state index >= 15 is 0 Å². The van der Waals surface area contributed by atoms with Gasteiger partial charge in [0.05, 0.1) is 11.8 Å². The molecule has 0 bridgehead atoms. The summed E-state index contributed by atoms with van der Waals surface area (Å²) in [7, 11) is 0. The van der Waals surface area contributed by atoms with Crippen molar-refractivity contribution in [2.45, 2.75) is 25.0 Å². The first-order valence-corrected chi connectivity index (χ1v) is 9.84. The molecule has 2 fully saturated rings. The van der Waals surface area contributed by atoms with E-state index in [4.69, 9.17) is 9.47 Å². The number of hydrogen-bond acceptors (Lipinski definition) is 6. The highest BCUT2D eigenvalue weighted by Crippen LogP contribution is 2.34. The summed E-state index contributed by atoms with van der Waals surface area (Å²) in [6.07, 6.45) is 1.54. The minimum absolute atomic E-state index is 0.0291. The molecule has 0 spiro atoms. The first-order valence-electron chi connectivity index (χ1n) is 9.84. The lowest BCUT2D eigenvalue weighted by atomic mass is 10.1. The number of aromatic amines is 1. The lowest BCUT2D eigenvalue weighted by Gasteiger charge is -2.23. The third-order valence-electron chi connectivity index (χ3n) is 5.81. The van der Waals surface area contributed by atoms with E-state index in [0.29, 0.717) is 49.5 Å². The second kappa shape index (κ2) is 7.10. The maximum Gasteiger partial charge on any atom is 0.271 e. The van der Waals surface area contributed by atoms with E-state index in [0.717, 1.165) is 37.2 Å². The molecule has 8 heteroatoms. The van der Waals surface area contributed by atoms with Crippen LogP contribution in [-0.2, 0) is 0 Å². The highest BCUT2D eigenvalue weighted by Gasteiger charge is 2.34. The monoisotopic (exact) mass is 384 g/mol. The Hall–Kier alpha value is -2.58. The molecule has 2 unspecified atom stereocenters. The molecule has 148 valence electrons. The van der Waals surface area contributed by atoms with Crippen LogP contribution in [0.3, 0.4) is 0 Å². The maximum atomic E-state index is 12.9. The Morgan fingerprint density at radius 3 is 2.79 bits per heavy atom. The number of aromatic nitrogens is 2. The van der Waals surface area contributed by atoms with Crippen LogP contribution < -0.4 is 9.47 Å². The van der Waals surface area contributed by atoms with Crippen LogP contribution in [0.2, 0.25) is 0 Å². The van der Waals surface area contributed by atoms with Gasteiger partial charge in [-0.1, -0.05) is 0 Å². The zero-order valence-corrected chi connectivity index (χ0v) is 15.6. The van der Waals surface area contributed by atoms with Crippen LogP contribution in [0.5, 0.6) is 11.5 Å². The first kappa shape index (κ1) is 17.5. The average molecular weight is 384 g/mol. The number of H-pyrrole nitrogens is 1. The van der Waals surface area contributed by atoms with E-state index < -0.39 is 0 Å². The van der Waals surface area contributed by atoms with Crippen molar-refractivity contribution in [1.82, 2.24) is 20.0 Å². The molecule has 3 aliphatic rings. The number of likely N-dealkylation sites (tertiary alicyclic amines) is 2. The number of nitrogens with one attached hydrogen (secondary N) is 1. The number of aliphatic hydroxyl groups excluding tert-OH is 1. The molecule has 3 aliphatic heterocycles. The Labute approximate surface area is 163 Å². The summed E-state index contributed by atoms with van der Waals surface area (Å²) in [6, 6.07) is 7.81. The number of hydrogen-bond donors (Lipinski definition) is 2. The van der Waals surface area contributed by atoms with Crippen molar-refractivity contribution >= 4 is 5.91 Å². The molecule has 4 heterocycles. The van der Waals surface area contributed by atoms with Gasteiger partial charge in [0.2, 0.25) is 0 Å². The number of ether oxygens (including phenoxy) is 2. The number of benzene rings is 1. The predicted molar refractivity (Wildman–Crippen MR) is 102 cm³/mol. The zero-order chi connectivity index (χ0) is 19.1. The minimum Gasteiger partial charge on any atom is -0.486 e. The largest absolute Gasteiger partial charge is 0.486 e.